The summed E-state index contributed by atoms with van der Waals surface area (Å²) in [6, 6.07) is 5.20. The number of morpholine rings is 1. The lowest BCUT2D eigenvalue weighted by Gasteiger charge is -2.27. The van der Waals surface area contributed by atoms with Crippen molar-refractivity contribution in [3.05, 3.63) is 28.7 Å². The van der Waals surface area contributed by atoms with Gasteiger partial charge in [-0.3, -0.25) is 19.4 Å². The summed E-state index contributed by atoms with van der Waals surface area (Å²) in [5, 5.41) is 0. The molecule has 8 nitrogen and oxygen atoms in total. The Morgan fingerprint density at radius 2 is 2.07 bits per heavy atom. The Labute approximate surface area is 185 Å². The molecular weight excluding hydrogens is 426 g/mol. The van der Waals surface area contributed by atoms with Gasteiger partial charge in [0.25, 0.3) is 11.8 Å². The van der Waals surface area contributed by atoms with E-state index in [2.05, 4.69) is 4.90 Å². The SMILES string of the molecule is COc1cc(/C=C2\SC(=S)N(CCCN3CCOCC3)C2=O)ccc1OCC(N)=O. The lowest BCUT2D eigenvalue weighted by molar-refractivity contribution is -0.122. The number of ether oxygens (including phenoxy) is 3. The molecule has 2 heterocycles. The summed E-state index contributed by atoms with van der Waals surface area (Å²) < 4.78 is 16.6. The Balaban J connectivity index is 1.62. The Morgan fingerprint density at radius 1 is 1.30 bits per heavy atom. The minimum atomic E-state index is -0.571. The zero-order chi connectivity index (χ0) is 21.5. The smallest absolute Gasteiger partial charge is 0.266 e. The normalized spacial score (nSPS) is 18.8. The van der Waals surface area contributed by atoms with Crippen molar-refractivity contribution in [3.63, 3.8) is 0 Å². The molecule has 30 heavy (non-hydrogen) atoms. The first-order valence-corrected chi connectivity index (χ1v) is 10.8. The topological polar surface area (TPSA) is 94.3 Å². The molecule has 2 N–H and O–H groups in total. The molecule has 0 spiro atoms. The van der Waals surface area contributed by atoms with Crippen LogP contribution in [-0.4, -0.2) is 79.0 Å². The third-order valence-corrected chi connectivity index (χ3v) is 6.07. The molecule has 1 aromatic carbocycles. The third kappa shape index (κ3) is 5.94. The maximum atomic E-state index is 12.8. The monoisotopic (exact) mass is 451 g/mol. The Hall–Kier alpha value is -2.14. The maximum Gasteiger partial charge on any atom is 0.266 e. The zero-order valence-corrected chi connectivity index (χ0v) is 18.4. The molecule has 2 fully saturated rings. The van der Waals surface area contributed by atoms with Crippen LogP contribution >= 0.6 is 24.0 Å². The van der Waals surface area contributed by atoms with E-state index in [1.54, 1.807) is 29.2 Å². The molecule has 10 heteroatoms. The van der Waals surface area contributed by atoms with E-state index in [1.807, 2.05) is 0 Å². The fourth-order valence-corrected chi connectivity index (χ4v) is 4.47. The van der Waals surface area contributed by atoms with Crippen LogP contribution in [0.1, 0.15) is 12.0 Å². The number of thioether (sulfide) groups is 1. The quantitative estimate of drug-likeness (QED) is 0.446. The molecule has 3 rings (SSSR count). The number of hydrogen-bond donors (Lipinski definition) is 1. The van der Waals surface area contributed by atoms with Crippen LogP contribution in [0.3, 0.4) is 0 Å². The minimum absolute atomic E-state index is 0.0833. The zero-order valence-electron chi connectivity index (χ0n) is 16.8. The van der Waals surface area contributed by atoms with Gasteiger partial charge in [-0.15, -0.1) is 0 Å². The van der Waals surface area contributed by atoms with Gasteiger partial charge in [0.05, 0.1) is 25.2 Å². The first-order chi connectivity index (χ1) is 14.5. The van der Waals surface area contributed by atoms with Gasteiger partial charge in [-0.2, -0.15) is 0 Å². The van der Waals surface area contributed by atoms with E-state index in [4.69, 9.17) is 32.2 Å². The average molecular weight is 452 g/mol. The molecule has 2 aliphatic heterocycles. The predicted molar refractivity (Wildman–Crippen MR) is 119 cm³/mol. The number of primary amides is 1. The fourth-order valence-electron chi connectivity index (χ4n) is 3.16. The van der Waals surface area contributed by atoms with Gasteiger partial charge in [0, 0.05) is 26.2 Å². The standard InChI is InChI=1S/C20H25N3O5S2/c1-26-16-11-14(3-4-15(16)28-13-18(21)24)12-17-19(25)23(20(29)30-17)6-2-5-22-7-9-27-10-8-22/h3-4,11-12H,2,5-10,13H2,1H3,(H2,21,24)/b17-12-. The second-order valence-electron chi connectivity index (χ2n) is 6.81. The molecule has 0 unspecified atom stereocenters. The van der Waals surface area contributed by atoms with E-state index < -0.39 is 5.91 Å². The second-order valence-corrected chi connectivity index (χ2v) is 8.48. The van der Waals surface area contributed by atoms with Crippen LogP contribution in [0.15, 0.2) is 23.1 Å². The van der Waals surface area contributed by atoms with Gasteiger partial charge in [-0.25, -0.2) is 0 Å². The van der Waals surface area contributed by atoms with E-state index in [0.717, 1.165) is 44.8 Å². The van der Waals surface area contributed by atoms with Gasteiger partial charge in [-0.05, 0) is 30.2 Å². The van der Waals surface area contributed by atoms with Gasteiger partial charge in [0.15, 0.2) is 18.1 Å². The molecule has 2 aliphatic rings. The number of nitrogens with zero attached hydrogens (tertiary/aromatic N) is 2. The first kappa shape index (κ1) is 22.5. The van der Waals surface area contributed by atoms with Crippen molar-refractivity contribution in [2.45, 2.75) is 6.42 Å². The molecule has 1 aromatic rings. The lowest BCUT2D eigenvalue weighted by Crippen LogP contribution is -2.38. The molecule has 0 radical (unpaired) electrons. The number of methoxy groups -OCH3 is 1. The van der Waals surface area contributed by atoms with E-state index >= 15 is 0 Å². The van der Waals surface area contributed by atoms with Gasteiger partial charge in [-0.1, -0.05) is 30.0 Å². The van der Waals surface area contributed by atoms with Gasteiger partial charge in [0.1, 0.15) is 4.32 Å². The van der Waals surface area contributed by atoms with Crippen LogP contribution in [0.4, 0.5) is 0 Å². The number of carbonyl (C=O) groups is 2. The van der Waals surface area contributed by atoms with Gasteiger partial charge in [0.2, 0.25) is 0 Å². The molecule has 0 atom stereocenters. The Bertz CT molecular complexity index is 840. The molecule has 0 saturated carbocycles. The number of nitrogens with two attached hydrogens (primary N) is 1. The summed E-state index contributed by atoms with van der Waals surface area (Å²) in [5.41, 5.74) is 5.88. The number of thiocarbonyl (C=S) groups is 1. The highest BCUT2D eigenvalue weighted by Crippen LogP contribution is 2.34. The van der Waals surface area contributed by atoms with Gasteiger partial charge >= 0.3 is 0 Å². The lowest BCUT2D eigenvalue weighted by atomic mass is 10.2. The van der Waals surface area contributed by atoms with Crippen molar-refractivity contribution in [2.24, 2.45) is 5.73 Å². The number of benzene rings is 1. The van der Waals surface area contributed by atoms with Crippen LogP contribution in [0.25, 0.3) is 6.08 Å². The third-order valence-electron chi connectivity index (χ3n) is 4.69. The van der Waals surface area contributed by atoms with E-state index in [9.17, 15) is 9.59 Å². The molecular formula is C20H25N3O5S2. The highest BCUT2D eigenvalue weighted by atomic mass is 32.2. The molecule has 0 bridgehead atoms. The van der Waals surface area contributed by atoms with Crippen LogP contribution in [0, 0.1) is 0 Å². The van der Waals surface area contributed by atoms with Gasteiger partial charge < -0.3 is 19.9 Å². The Morgan fingerprint density at radius 3 is 2.77 bits per heavy atom. The number of rotatable bonds is 9. The number of hydrogen-bond acceptors (Lipinski definition) is 8. The summed E-state index contributed by atoms with van der Waals surface area (Å²) in [6.45, 7) is 4.67. The number of carbonyl (C=O) groups excluding carboxylic acids is 2. The molecule has 162 valence electrons. The predicted octanol–water partition coefficient (Wildman–Crippen LogP) is 1.48. The van der Waals surface area contributed by atoms with Crippen molar-refractivity contribution in [3.8, 4) is 11.5 Å². The largest absolute Gasteiger partial charge is 0.493 e. The highest BCUT2D eigenvalue weighted by Gasteiger charge is 2.31. The summed E-state index contributed by atoms with van der Waals surface area (Å²) in [6.07, 6.45) is 2.64. The minimum Gasteiger partial charge on any atom is -0.493 e. The van der Waals surface area contributed by atoms with Crippen LogP contribution < -0.4 is 15.2 Å². The molecule has 0 aromatic heterocycles. The second kappa shape index (κ2) is 10.8. The fraction of sp³-hybridized carbons (Fsp3) is 0.450. The molecule has 0 aliphatic carbocycles. The summed E-state index contributed by atoms with van der Waals surface area (Å²) >= 11 is 6.71. The summed E-state index contributed by atoms with van der Waals surface area (Å²) in [4.78, 5) is 28.3. The molecule has 2 saturated heterocycles. The molecule has 2 amide bonds. The Kier molecular flexibility index (Phi) is 8.08. The number of amides is 2. The van der Waals surface area contributed by atoms with Crippen LogP contribution in [0.2, 0.25) is 0 Å². The first-order valence-electron chi connectivity index (χ1n) is 9.62. The average Bonchev–Trinajstić information content (AvgIpc) is 3.00. The van der Waals surface area contributed by atoms with Crippen LogP contribution in [-0.2, 0) is 14.3 Å². The van der Waals surface area contributed by atoms with Crippen LogP contribution in [0.5, 0.6) is 11.5 Å². The van der Waals surface area contributed by atoms with E-state index in [0.29, 0.717) is 27.3 Å². The summed E-state index contributed by atoms with van der Waals surface area (Å²) in [5.74, 6) is 0.202. The van der Waals surface area contributed by atoms with Crippen molar-refractivity contribution in [1.29, 1.82) is 0 Å². The van der Waals surface area contributed by atoms with E-state index in [1.165, 1.54) is 18.9 Å². The van der Waals surface area contributed by atoms with Crippen molar-refractivity contribution in [1.82, 2.24) is 9.80 Å². The van der Waals surface area contributed by atoms with E-state index in [-0.39, 0.29) is 12.5 Å². The highest BCUT2D eigenvalue weighted by molar-refractivity contribution is 8.26. The summed E-state index contributed by atoms with van der Waals surface area (Å²) in [7, 11) is 1.50. The van der Waals surface area contributed by atoms with Crippen molar-refractivity contribution >= 4 is 46.2 Å². The van der Waals surface area contributed by atoms with Crippen molar-refractivity contribution in [2.75, 3.05) is 53.1 Å². The van der Waals surface area contributed by atoms with Crippen molar-refractivity contribution < 1.29 is 23.8 Å². The maximum absolute atomic E-state index is 12.8.